The Labute approximate surface area is 187 Å². The number of carbonyl (C=O) groups excluding carboxylic acids is 2. The molecule has 0 spiro atoms. The first kappa shape index (κ1) is 21.7. The fraction of sp³-hybridized carbons (Fsp3) is 0.130. The van der Waals surface area contributed by atoms with Gasteiger partial charge in [0.1, 0.15) is 11.9 Å². The molecular formula is C23H19FN6O3. The van der Waals surface area contributed by atoms with Crippen LogP contribution in [0.1, 0.15) is 18.6 Å². The van der Waals surface area contributed by atoms with Crippen molar-refractivity contribution < 1.29 is 18.7 Å². The van der Waals surface area contributed by atoms with Crippen molar-refractivity contribution in [2.75, 3.05) is 5.73 Å². The zero-order chi connectivity index (χ0) is 23.5. The van der Waals surface area contributed by atoms with Crippen molar-refractivity contribution in [3.8, 4) is 11.4 Å². The number of nitrogens with zero attached hydrogens (tertiary/aromatic N) is 5. The third-order valence-electron chi connectivity index (χ3n) is 5.03. The Morgan fingerprint density at radius 3 is 2.64 bits per heavy atom. The van der Waals surface area contributed by atoms with Gasteiger partial charge >= 0.3 is 6.15 Å². The van der Waals surface area contributed by atoms with Crippen molar-refractivity contribution in [1.29, 1.82) is 0 Å². The molecule has 2 N–H and O–H groups in total. The van der Waals surface area contributed by atoms with E-state index in [1.54, 1.807) is 27.7 Å². The van der Waals surface area contributed by atoms with Crippen molar-refractivity contribution in [1.82, 2.24) is 24.5 Å². The molecule has 3 aromatic heterocycles. The van der Waals surface area contributed by atoms with Gasteiger partial charge in [0.05, 0.1) is 16.7 Å². The van der Waals surface area contributed by atoms with E-state index in [0.29, 0.717) is 16.7 Å². The number of rotatable bonds is 4. The minimum absolute atomic E-state index is 0.250. The third kappa shape index (κ3) is 4.41. The lowest BCUT2D eigenvalue weighted by Crippen LogP contribution is -2.10. The van der Waals surface area contributed by atoms with Crippen LogP contribution in [0.4, 0.5) is 10.2 Å². The topological polar surface area (TPSA) is 118 Å². The summed E-state index contributed by atoms with van der Waals surface area (Å²) < 4.78 is 23.4. The lowest BCUT2D eigenvalue weighted by molar-refractivity contribution is -0.191. The van der Waals surface area contributed by atoms with Gasteiger partial charge in [-0.05, 0) is 49.4 Å². The van der Waals surface area contributed by atoms with Crippen LogP contribution in [-0.4, -0.2) is 30.7 Å². The number of aromatic nitrogens is 5. The number of pyridine rings is 1. The van der Waals surface area contributed by atoms with Crippen molar-refractivity contribution in [3.05, 3.63) is 72.4 Å². The van der Waals surface area contributed by atoms with Gasteiger partial charge in [-0.15, -0.1) is 0 Å². The second-order valence-corrected chi connectivity index (χ2v) is 7.28. The van der Waals surface area contributed by atoms with Crippen LogP contribution < -0.4 is 10.5 Å². The number of aryl methyl sites for hydroxylation is 1. The van der Waals surface area contributed by atoms with Crippen LogP contribution >= 0.6 is 0 Å². The molecule has 0 unspecified atom stereocenters. The zero-order valence-electron chi connectivity index (χ0n) is 17.8. The first-order valence-corrected chi connectivity index (χ1v) is 9.88. The molecule has 1 atom stereocenters. The van der Waals surface area contributed by atoms with Gasteiger partial charge in [-0.3, -0.25) is 4.68 Å². The number of ether oxygens (including phenoxy) is 1. The summed E-state index contributed by atoms with van der Waals surface area (Å²) in [6.45, 7) is 1.92. The molecule has 2 aromatic carbocycles. The number of nitrogen functional groups attached to an aromatic ring is 1. The SMILES string of the molecule is C[C@H](Oc1cc2cc(F)ccc2nc1N)c1cc2nn(C)cc2cc1-n1cccn1.O=C=O. The number of nitrogens with two attached hydrogens (primary N) is 1. The lowest BCUT2D eigenvalue weighted by Gasteiger charge is -2.19. The van der Waals surface area contributed by atoms with Gasteiger partial charge in [-0.25, -0.2) is 14.1 Å². The summed E-state index contributed by atoms with van der Waals surface area (Å²) in [5, 5.41) is 10.5. The molecule has 0 saturated carbocycles. The van der Waals surface area contributed by atoms with Crippen LogP contribution in [0.25, 0.3) is 27.5 Å². The van der Waals surface area contributed by atoms with Crippen LogP contribution in [0, 0.1) is 5.82 Å². The Morgan fingerprint density at radius 1 is 1.12 bits per heavy atom. The van der Waals surface area contributed by atoms with E-state index in [9.17, 15) is 4.39 Å². The summed E-state index contributed by atoms with van der Waals surface area (Å²) in [4.78, 5) is 20.6. The summed E-state index contributed by atoms with van der Waals surface area (Å²) in [6.07, 6.45) is 5.42. The van der Waals surface area contributed by atoms with Crippen LogP contribution in [0.5, 0.6) is 5.75 Å². The lowest BCUT2D eigenvalue weighted by atomic mass is 10.1. The van der Waals surface area contributed by atoms with Gasteiger partial charge in [-0.1, -0.05) is 0 Å². The Hall–Kier alpha value is -4.56. The van der Waals surface area contributed by atoms with Crippen LogP contribution in [0.15, 0.2) is 61.1 Å². The van der Waals surface area contributed by atoms with E-state index < -0.39 is 0 Å². The van der Waals surface area contributed by atoms with E-state index in [-0.39, 0.29) is 23.9 Å². The maximum absolute atomic E-state index is 13.6. The number of anilines is 1. The van der Waals surface area contributed by atoms with E-state index >= 15 is 0 Å². The van der Waals surface area contributed by atoms with Crippen LogP contribution in [-0.2, 0) is 16.6 Å². The maximum atomic E-state index is 13.6. The Balaban J connectivity index is 0.000000821. The predicted octanol–water partition coefficient (Wildman–Crippen LogP) is 3.58. The van der Waals surface area contributed by atoms with Crippen molar-refractivity contribution in [2.24, 2.45) is 7.05 Å². The van der Waals surface area contributed by atoms with Crippen molar-refractivity contribution in [2.45, 2.75) is 13.0 Å². The molecule has 0 aliphatic rings. The molecule has 0 aliphatic carbocycles. The average Bonchev–Trinajstić information content (AvgIpc) is 3.42. The first-order valence-electron chi connectivity index (χ1n) is 9.88. The maximum Gasteiger partial charge on any atom is 0.373 e. The fourth-order valence-corrected chi connectivity index (χ4v) is 3.63. The molecule has 166 valence electrons. The van der Waals surface area contributed by atoms with E-state index in [1.165, 1.54) is 12.1 Å². The number of benzene rings is 2. The Kier molecular flexibility index (Phi) is 5.84. The first-order chi connectivity index (χ1) is 15.9. The predicted molar refractivity (Wildman–Crippen MR) is 118 cm³/mol. The minimum Gasteiger partial charge on any atom is -0.482 e. The molecular weight excluding hydrogens is 427 g/mol. The molecule has 33 heavy (non-hydrogen) atoms. The van der Waals surface area contributed by atoms with E-state index in [1.807, 2.05) is 44.6 Å². The van der Waals surface area contributed by atoms with Gasteiger partial charge < -0.3 is 10.5 Å². The summed E-state index contributed by atoms with van der Waals surface area (Å²) in [5.41, 5.74) is 9.35. The number of fused-ring (bicyclic) bond motifs is 2. The highest BCUT2D eigenvalue weighted by Crippen LogP contribution is 2.33. The average molecular weight is 446 g/mol. The summed E-state index contributed by atoms with van der Waals surface area (Å²) in [5.74, 6) is 0.309. The van der Waals surface area contributed by atoms with Gasteiger partial charge in [0.25, 0.3) is 0 Å². The number of halogens is 1. The number of hydrogen-bond acceptors (Lipinski definition) is 7. The van der Waals surface area contributed by atoms with E-state index in [2.05, 4.69) is 15.2 Å². The highest BCUT2D eigenvalue weighted by Gasteiger charge is 2.18. The van der Waals surface area contributed by atoms with Crippen molar-refractivity contribution >= 4 is 33.8 Å². The molecule has 0 radical (unpaired) electrons. The third-order valence-corrected chi connectivity index (χ3v) is 5.03. The molecule has 5 aromatic rings. The fourth-order valence-electron chi connectivity index (χ4n) is 3.63. The number of hydrogen-bond donors (Lipinski definition) is 1. The molecule has 9 nitrogen and oxygen atoms in total. The molecule has 0 aliphatic heterocycles. The normalized spacial score (nSPS) is 11.6. The molecule has 0 fully saturated rings. The van der Waals surface area contributed by atoms with E-state index in [4.69, 9.17) is 20.1 Å². The minimum atomic E-state index is -0.384. The monoisotopic (exact) mass is 446 g/mol. The Morgan fingerprint density at radius 2 is 1.91 bits per heavy atom. The van der Waals surface area contributed by atoms with Gasteiger partial charge in [0.2, 0.25) is 0 Å². The van der Waals surface area contributed by atoms with Crippen LogP contribution in [0.2, 0.25) is 0 Å². The smallest absolute Gasteiger partial charge is 0.373 e. The summed E-state index contributed by atoms with van der Waals surface area (Å²) in [6, 6.07) is 12.0. The Bertz CT molecular complexity index is 1470. The second kappa shape index (κ2) is 8.89. The molecule has 0 bridgehead atoms. The zero-order valence-corrected chi connectivity index (χ0v) is 17.8. The molecule has 5 rings (SSSR count). The van der Waals surface area contributed by atoms with Crippen LogP contribution in [0.3, 0.4) is 0 Å². The quantitative estimate of drug-likeness (QED) is 0.448. The van der Waals surface area contributed by atoms with Gasteiger partial charge in [-0.2, -0.15) is 19.8 Å². The molecule has 3 heterocycles. The highest BCUT2D eigenvalue weighted by molar-refractivity contribution is 5.83. The summed E-state index contributed by atoms with van der Waals surface area (Å²) in [7, 11) is 1.88. The largest absolute Gasteiger partial charge is 0.482 e. The molecule has 0 saturated heterocycles. The van der Waals surface area contributed by atoms with Gasteiger partial charge in [0.15, 0.2) is 11.6 Å². The molecule has 0 amide bonds. The highest BCUT2D eigenvalue weighted by atomic mass is 19.1. The standard InChI is InChI=1S/C22H19FN6O.CO2/c1-13(30-21-10-14-8-16(23)4-5-18(14)26-22(21)24)17-11-19-15(12-28(2)27-19)9-20(17)29-7-3-6-25-29;2-1-3/h3-13H,1-2H3,(H2,24,26);/t13-;/m0./s1. The van der Waals surface area contributed by atoms with Crippen molar-refractivity contribution in [3.63, 3.8) is 0 Å². The molecule has 10 heteroatoms. The second-order valence-electron chi connectivity index (χ2n) is 7.28. The van der Waals surface area contributed by atoms with E-state index in [0.717, 1.165) is 22.2 Å². The van der Waals surface area contributed by atoms with Gasteiger partial charge in [0, 0.05) is 42.0 Å². The summed E-state index contributed by atoms with van der Waals surface area (Å²) >= 11 is 0.